The predicted molar refractivity (Wildman–Crippen MR) is 93.0 cm³/mol. The Hall–Kier alpha value is -1.79. The number of pyridine rings is 1. The van der Waals surface area contributed by atoms with Gasteiger partial charge in [-0.1, -0.05) is 0 Å². The summed E-state index contributed by atoms with van der Waals surface area (Å²) in [6.07, 6.45) is 2.33. The molecule has 3 aliphatic rings. The molecule has 4 rings (SSSR count). The first-order valence-corrected chi connectivity index (χ1v) is 9.84. The number of carbonyl (C=O) groups excluding carboxylic acids is 1. The molecule has 0 spiro atoms. The summed E-state index contributed by atoms with van der Waals surface area (Å²) < 4.78 is 44.2. The van der Waals surface area contributed by atoms with E-state index in [1.807, 2.05) is 12.1 Å². The lowest BCUT2D eigenvalue weighted by atomic mass is 9.81. The number of nitrogens with one attached hydrogen (secondary N) is 1. The number of alkyl halides is 3. The smallest absolute Gasteiger partial charge is 0.391 e. The molecule has 0 atom stereocenters. The molecule has 1 N–H and O–H groups in total. The zero-order chi connectivity index (χ0) is 19.1. The molecule has 1 heterocycles. The first-order valence-electron chi connectivity index (χ1n) is 9.84. The molecule has 0 unspecified atom stereocenters. The van der Waals surface area contributed by atoms with Crippen LogP contribution in [0, 0.1) is 17.8 Å². The van der Waals surface area contributed by atoms with Gasteiger partial charge in [-0.05, 0) is 68.9 Å². The van der Waals surface area contributed by atoms with Gasteiger partial charge in [0.15, 0.2) is 0 Å². The Morgan fingerprint density at radius 1 is 1.19 bits per heavy atom. The number of nitrogens with zero attached hydrogens (tertiary/aromatic N) is 1. The molecule has 1 aromatic heterocycles. The second-order valence-corrected chi connectivity index (χ2v) is 8.30. The highest BCUT2D eigenvalue weighted by molar-refractivity contribution is 5.80. The van der Waals surface area contributed by atoms with Crippen LogP contribution in [0.4, 0.5) is 13.2 Å². The molecule has 1 aromatic rings. The molecule has 3 aliphatic carbocycles. The van der Waals surface area contributed by atoms with Gasteiger partial charge < -0.3 is 10.1 Å². The van der Waals surface area contributed by atoms with Crippen LogP contribution in [-0.2, 0) is 10.3 Å². The second kappa shape index (κ2) is 6.99. The average molecular weight is 382 g/mol. The minimum atomic E-state index is -4.15. The number of aromatic nitrogens is 1. The summed E-state index contributed by atoms with van der Waals surface area (Å²) in [7, 11) is 0. The average Bonchev–Trinajstić information content (AvgIpc) is 3.56. The SMILES string of the molecule is O=C(NC1(c2ccnc(OCC3CC3)c2)CC1)C1CCC(C(F)(F)F)CC1. The fourth-order valence-electron chi connectivity index (χ4n) is 3.91. The number of hydrogen-bond acceptors (Lipinski definition) is 3. The van der Waals surface area contributed by atoms with Crippen LogP contribution in [-0.4, -0.2) is 23.7 Å². The van der Waals surface area contributed by atoms with Gasteiger partial charge in [0.2, 0.25) is 11.8 Å². The monoisotopic (exact) mass is 382 g/mol. The third-order valence-corrected chi connectivity index (χ3v) is 6.12. The largest absolute Gasteiger partial charge is 0.477 e. The van der Waals surface area contributed by atoms with Crippen LogP contribution in [0.25, 0.3) is 0 Å². The lowest BCUT2D eigenvalue weighted by Gasteiger charge is -2.30. The van der Waals surface area contributed by atoms with E-state index in [-0.39, 0.29) is 24.7 Å². The van der Waals surface area contributed by atoms with Crippen LogP contribution in [0.3, 0.4) is 0 Å². The molecule has 4 nitrogen and oxygen atoms in total. The number of carbonyl (C=O) groups is 1. The van der Waals surface area contributed by atoms with E-state index < -0.39 is 17.6 Å². The van der Waals surface area contributed by atoms with Crippen molar-refractivity contribution in [2.45, 2.75) is 63.1 Å². The van der Waals surface area contributed by atoms with E-state index in [1.165, 1.54) is 12.8 Å². The lowest BCUT2D eigenvalue weighted by Crippen LogP contribution is -2.41. The van der Waals surface area contributed by atoms with Crippen molar-refractivity contribution in [1.82, 2.24) is 10.3 Å². The third kappa shape index (κ3) is 4.38. The molecule has 0 saturated heterocycles. The number of amides is 1. The van der Waals surface area contributed by atoms with Gasteiger partial charge in [-0.25, -0.2) is 4.98 Å². The van der Waals surface area contributed by atoms with E-state index >= 15 is 0 Å². The topological polar surface area (TPSA) is 51.2 Å². The number of rotatable bonds is 6. The maximum Gasteiger partial charge on any atom is 0.391 e. The second-order valence-electron chi connectivity index (χ2n) is 8.30. The molecular formula is C20H25F3N2O2. The minimum Gasteiger partial charge on any atom is -0.477 e. The fourth-order valence-corrected chi connectivity index (χ4v) is 3.91. The lowest BCUT2D eigenvalue weighted by molar-refractivity contribution is -0.184. The van der Waals surface area contributed by atoms with E-state index in [0.717, 1.165) is 18.4 Å². The Morgan fingerprint density at radius 3 is 2.48 bits per heavy atom. The molecule has 27 heavy (non-hydrogen) atoms. The van der Waals surface area contributed by atoms with E-state index in [9.17, 15) is 18.0 Å². The summed E-state index contributed by atoms with van der Waals surface area (Å²) in [6.45, 7) is 0.679. The first-order chi connectivity index (χ1) is 12.9. The van der Waals surface area contributed by atoms with Gasteiger partial charge in [0.25, 0.3) is 0 Å². The predicted octanol–water partition coefficient (Wildman–Crippen LogP) is 4.34. The van der Waals surface area contributed by atoms with Crippen LogP contribution in [0.1, 0.15) is 56.9 Å². The molecule has 7 heteroatoms. The summed E-state index contributed by atoms with van der Waals surface area (Å²) in [4.78, 5) is 16.9. The summed E-state index contributed by atoms with van der Waals surface area (Å²) in [5.41, 5.74) is 0.569. The van der Waals surface area contributed by atoms with Crippen LogP contribution < -0.4 is 10.1 Å². The zero-order valence-electron chi connectivity index (χ0n) is 15.2. The van der Waals surface area contributed by atoms with Gasteiger partial charge >= 0.3 is 6.18 Å². The van der Waals surface area contributed by atoms with Gasteiger partial charge in [-0.15, -0.1) is 0 Å². The molecular weight excluding hydrogens is 357 g/mol. The summed E-state index contributed by atoms with van der Waals surface area (Å²) in [5.74, 6) is -0.496. The van der Waals surface area contributed by atoms with Crippen molar-refractivity contribution in [1.29, 1.82) is 0 Å². The number of hydrogen-bond donors (Lipinski definition) is 1. The van der Waals surface area contributed by atoms with Crippen LogP contribution in [0.5, 0.6) is 5.88 Å². The molecule has 0 bridgehead atoms. The Labute approximate surface area is 156 Å². The van der Waals surface area contributed by atoms with E-state index in [4.69, 9.17) is 4.74 Å². The maximum absolute atomic E-state index is 12.8. The van der Waals surface area contributed by atoms with Crippen molar-refractivity contribution in [2.24, 2.45) is 17.8 Å². The van der Waals surface area contributed by atoms with Crippen LogP contribution in [0.15, 0.2) is 18.3 Å². The Balaban J connectivity index is 1.35. The Kier molecular flexibility index (Phi) is 4.80. The Bertz CT molecular complexity index is 691. The van der Waals surface area contributed by atoms with Gasteiger partial charge in [0, 0.05) is 18.2 Å². The summed E-state index contributed by atoms with van der Waals surface area (Å²) in [5, 5.41) is 3.11. The van der Waals surface area contributed by atoms with Gasteiger partial charge in [-0.2, -0.15) is 13.2 Å². The number of halogens is 3. The summed E-state index contributed by atoms with van der Waals surface area (Å²) >= 11 is 0. The quantitative estimate of drug-likeness (QED) is 0.796. The molecule has 3 saturated carbocycles. The highest BCUT2D eigenvalue weighted by atomic mass is 19.4. The maximum atomic E-state index is 12.8. The highest BCUT2D eigenvalue weighted by Crippen LogP contribution is 2.47. The molecule has 0 aliphatic heterocycles. The summed E-state index contributed by atoms with van der Waals surface area (Å²) in [6, 6.07) is 3.77. The van der Waals surface area contributed by atoms with Gasteiger partial charge in [0.1, 0.15) is 0 Å². The van der Waals surface area contributed by atoms with E-state index in [1.54, 1.807) is 6.20 Å². The number of ether oxygens (including phenoxy) is 1. The van der Waals surface area contributed by atoms with E-state index in [2.05, 4.69) is 10.3 Å². The van der Waals surface area contributed by atoms with E-state index in [0.29, 0.717) is 31.2 Å². The van der Waals surface area contributed by atoms with Crippen LogP contribution >= 0.6 is 0 Å². The zero-order valence-corrected chi connectivity index (χ0v) is 15.2. The standard InChI is InChI=1S/C20H25F3N2O2/c21-20(22,23)15-5-3-14(4-6-15)18(26)25-19(8-9-19)16-7-10-24-17(11-16)27-12-13-1-2-13/h7,10-11,13-15H,1-6,8-9,12H2,(H,25,26). The van der Waals surface area contributed by atoms with Crippen molar-refractivity contribution in [2.75, 3.05) is 6.61 Å². The normalized spacial score (nSPS) is 27.1. The van der Waals surface area contributed by atoms with Crippen LogP contribution in [0.2, 0.25) is 0 Å². The van der Waals surface area contributed by atoms with Crippen molar-refractivity contribution in [3.63, 3.8) is 0 Å². The van der Waals surface area contributed by atoms with Gasteiger partial charge in [0.05, 0.1) is 18.1 Å². The fraction of sp³-hybridized carbons (Fsp3) is 0.700. The van der Waals surface area contributed by atoms with Gasteiger partial charge in [-0.3, -0.25) is 4.79 Å². The molecule has 0 aromatic carbocycles. The highest BCUT2D eigenvalue weighted by Gasteiger charge is 2.48. The molecule has 0 radical (unpaired) electrons. The first kappa shape index (κ1) is 18.6. The van der Waals surface area contributed by atoms with Crippen molar-refractivity contribution in [3.8, 4) is 5.88 Å². The third-order valence-electron chi connectivity index (χ3n) is 6.12. The van der Waals surface area contributed by atoms with Crippen molar-refractivity contribution < 1.29 is 22.7 Å². The van der Waals surface area contributed by atoms with Crippen molar-refractivity contribution in [3.05, 3.63) is 23.9 Å². The molecule has 148 valence electrons. The van der Waals surface area contributed by atoms with Crippen molar-refractivity contribution >= 4 is 5.91 Å². The molecule has 3 fully saturated rings. The minimum absolute atomic E-state index is 0.0446. The molecule has 1 amide bonds. The Morgan fingerprint density at radius 2 is 1.89 bits per heavy atom.